The van der Waals surface area contributed by atoms with Gasteiger partial charge in [-0.1, -0.05) is 25.1 Å². The molecule has 0 N–H and O–H groups in total. The van der Waals surface area contributed by atoms with E-state index in [-0.39, 0.29) is 5.92 Å². The lowest BCUT2D eigenvalue weighted by Gasteiger charge is -2.26. The van der Waals surface area contributed by atoms with Crippen molar-refractivity contribution in [1.82, 2.24) is 0 Å². The minimum absolute atomic E-state index is 0.0532. The second-order valence-corrected chi connectivity index (χ2v) is 4.26. The standard InChI is InChI=1S/C12H11NO2/c1-8-9-5-3-4-6-10(9)14-11(2)12(8,7-13)15-11/h3-6,8H,1-2H3. The quantitative estimate of drug-likeness (QED) is 0.604. The molecular formula is C12H11NO2. The summed E-state index contributed by atoms with van der Waals surface area (Å²) in [6, 6.07) is 10.0. The van der Waals surface area contributed by atoms with E-state index in [1.807, 2.05) is 38.1 Å². The van der Waals surface area contributed by atoms with Crippen LogP contribution in [0.3, 0.4) is 0 Å². The summed E-state index contributed by atoms with van der Waals surface area (Å²) < 4.78 is 11.2. The van der Waals surface area contributed by atoms with Gasteiger partial charge in [-0.15, -0.1) is 0 Å². The SMILES string of the molecule is CC1c2ccccc2OC2(C)OC12C#N. The van der Waals surface area contributed by atoms with E-state index < -0.39 is 11.4 Å². The van der Waals surface area contributed by atoms with Gasteiger partial charge in [0.15, 0.2) is 0 Å². The average molecular weight is 201 g/mol. The number of rotatable bonds is 0. The molecule has 15 heavy (non-hydrogen) atoms. The normalized spacial score (nSPS) is 40.7. The van der Waals surface area contributed by atoms with Crippen molar-refractivity contribution in [3.05, 3.63) is 29.8 Å². The fourth-order valence-electron chi connectivity index (χ4n) is 2.44. The molecule has 0 bridgehead atoms. The molecule has 0 aromatic heterocycles. The van der Waals surface area contributed by atoms with Gasteiger partial charge in [-0.05, 0) is 6.07 Å². The minimum Gasteiger partial charge on any atom is -0.458 e. The third-order valence-corrected chi connectivity index (χ3v) is 3.45. The van der Waals surface area contributed by atoms with E-state index in [0.717, 1.165) is 11.3 Å². The molecular weight excluding hydrogens is 190 g/mol. The second-order valence-electron chi connectivity index (χ2n) is 4.26. The highest BCUT2D eigenvalue weighted by molar-refractivity contribution is 5.47. The monoisotopic (exact) mass is 201 g/mol. The molecule has 0 aliphatic carbocycles. The zero-order valence-corrected chi connectivity index (χ0v) is 8.65. The van der Waals surface area contributed by atoms with Crippen molar-refractivity contribution in [1.29, 1.82) is 5.26 Å². The van der Waals surface area contributed by atoms with Crippen LogP contribution in [0.5, 0.6) is 5.75 Å². The lowest BCUT2D eigenvalue weighted by molar-refractivity contribution is 0.0781. The fourth-order valence-corrected chi connectivity index (χ4v) is 2.44. The van der Waals surface area contributed by atoms with E-state index in [2.05, 4.69) is 6.07 Å². The molecule has 3 rings (SSSR count). The Morgan fingerprint density at radius 2 is 2.13 bits per heavy atom. The van der Waals surface area contributed by atoms with Gasteiger partial charge in [0, 0.05) is 18.4 Å². The Balaban J connectivity index is 2.17. The smallest absolute Gasteiger partial charge is 0.253 e. The molecule has 1 aromatic rings. The van der Waals surface area contributed by atoms with Crippen LogP contribution in [-0.2, 0) is 4.74 Å². The van der Waals surface area contributed by atoms with Crippen molar-refractivity contribution in [3.8, 4) is 11.8 Å². The first-order valence-electron chi connectivity index (χ1n) is 5.02. The van der Waals surface area contributed by atoms with Gasteiger partial charge in [0.1, 0.15) is 11.8 Å². The molecule has 2 heterocycles. The van der Waals surface area contributed by atoms with Crippen LogP contribution in [0.1, 0.15) is 25.3 Å². The molecule has 0 radical (unpaired) electrons. The number of benzene rings is 1. The number of nitrogens with zero attached hydrogens (tertiary/aromatic N) is 1. The predicted molar refractivity (Wildman–Crippen MR) is 53.3 cm³/mol. The van der Waals surface area contributed by atoms with E-state index in [0.29, 0.717) is 0 Å². The lowest BCUT2D eigenvalue weighted by Crippen LogP contribution is -2.36. The van der Waals surface area contributed by atoms with Gasteiger partial charge in [0.25, 0.3) is 5.79 Å². The van der Waals surface area contributed by atoms with Crippen LogP contribution >= 0.6 is 0 Å². The number of ether oxygens (including phenoxy) is 2. The molecule has 2 aliphatic heterocycles. The zero-order valence-electron chi connectivity index (χ0n) is 8.65. The number of hydrogen-bond acceptors (Lipinski definition) is 3. The fraction of sp³-hybridized carbons (Fsp3) is 0.417. The predicted octanol–water partition coefficient (Wildman–Crippen LogP) is 2.19. The molecule has 2 aliphatic rings. The molecule has 0 saturated carbocycles. The number of hydrogen-bond donors (Lipinski definition) is 0. The van der Waals surface area contributed by atoms with Crippen LogP contribution < -0.4 is 4.74 Å². The van der Waals surface area contributed by atoms with Gasteiger partial charge in [0.2, 0.25) is 5.60 Å². The van der Waals surface area contributed by atoms with Gasteiger partial charge in [-0.2, -0.15) is 5.26 Å². The number of para-hydroxylation sites is 1. The summed E-state index contributed by atoms with van der Waals surface area (Å²) in [5.74, 6) is 0.128. The summed E-state index contributed by atoms with van der Waals surface area (Å²) in [5, 5.41) is 9.20. The largest absolute Gasteiger partial charge is 0.458 e. The molecule has 0 spiro atoms. The maximum absolute atomic E-state index is 9.20. The van der Waals surface area contributed by atoms with Crippen molar-refractivity contribution in [2.75, 3.05) is 0 Å². The van der Waals surface area contributed by atoms with Crippen molar-refractivity contribution in [3.63, 3.8) is 0 Å². The Kier molecular flexibility index (Phi) is 1.37. The highest BCUT2D eigenvalue weighted by Gasteiger charge is 2.76. The second kappa shape index (κ2) is 2.34. The zero-order chi connectivity index (χ0) is 10.7. The highest BCUT2D eigenvalue weighted by atomic mass is 16.8. The Bertz CT molecular complexity index is 479. The Hall–Kier alpha value is -1.53. The maximum atomic E-state index is 9.20. The molecule has 3 nitrogen and oxygen atoms in total. The summed E-state index contributed by atoms with van der Waals surface area (Å²) in [6.07, 6.45) is 0. The number of epoxide rings is 1. The maximum Gasteiger partial charge on any atom is 0.253 e. The van der Waals surface area contributed by atoms with Gasteiger partial charge in [-0.25, -0.2) is 0 Å². The number of fused-ring (bicyclic) bond motifs is 2. The van der Waals surface area contributed by atoms with Gasteiger partial charge < -0.3 is 9.47 Å². The van der Waals surface area contributed by atoms with E-state index in [9.17, 15) is 5.26 Å². The molecule has 1 saturated heterocycles. The summed E-state index contributed by atoms with van der Waals surface area (Å²) >= 11 is 0. The third-order valence-electron chi connectivity index (χ3n) is 3.45. The Morgan fingerprint density at radius 1 is 1.40 bits per heavy atom. The van der Waals surface area contributed by atoms with E-state index in [4.69, 9.17) is 9.47 Å². The van der Waals surface area contributed by atoms with Crippen LogP contribution in [-0.4, -0.2) is 11.4 Å². The average Bonchev–Trinajstić information content (AvgIpc) is 2.86. The third kappa shape index (κ3) is 0.835. The summed E-state index contributed by atoms with van der Waals surface area (Å²) in [4.78, 5) is 0. The van der Waals surface area contributed by atoms with Crippen molar-refractivity contribution >= 4 is 0 Å². The van der Waals surface area contributed by atoms with Crippen molar-refractivity contribution in [2.45, 2.75) is 31.2 Å². The molecule has 76 valence electrons. The molecule has 1 aromatic carbocycles. The first-order valence-corrected chi connectivity index (χ1v) is 5.02. The van der Waals surface area contributed by atoms with E-state index in [1.165, 1.54) is 0 Å². The van der Waals surface area contributed by atoms with E-state index >= 15 is 0 Å². The molecule has 3 unspecified atom stereocenters. The molecule has 3 heteroatoms. The van der Waals surface area contributed by atoms with Gasteiger partial charge in [-0.3, -0.25) is 0 Å². The summed E-state index contributed by atoms with van der Waals surface area (Å²) in [6.45, 7) is 3.83. The lowest BCUT2D eigenvalue weighted by atomic mass is 9.82. The van der Waals surface area contributed by atoms with Gasteiger partial charge >= 0.3 is 0 Å². The minimum atomic E-state index is -0.790. The van der Waals surface area contributed by atoms with Crippen LogP contribution in [0.2, 0.25) is 0 Å². The molecule has 0 amide bonds. The van der Waals surface area contributed by atoms with Crippen LogP contribution in [0.15, 0.2) is 24.3 Å². The van der Waals surface area contributed by atoms with Crippen LogP contribution in [0, 0.1) is 11.3 Å². The first-order chi connectivity index (χ1) is 7.13. The Morgan fingerprint density at radius 3 is 2.87 bits per heavy atom. The molecule has 1 fully saturated rings. The molecule has 3 atom stereocenters. The highest BCUT2D eigenvalue weighted by Crippen LogP contribution is 2.61. The van der Waals surface area contributed by atoms with E-state index in [1.54, 1.807) is 0 Å². The van der Waals surface area contributed by atoms with Crippen molar-refractivity contribution in [2.24, 2.45) is 0 Å². The summed E-state index contributed by atoms with van der Waals surface area (Å²) in [7, 11) is 0. The Labute approximate surface area is 88.2 Å². The van der Waals surface area contributed by atoms with Crippen LogP contribution in [0.25, 0.3) is 0 Å². The number of nitriles is 1. The first kappa shape index (κ1) is 8.75. The van der Waals surface area contributed by atoms with Gasteiger partial charge in [0.05, 0.1) is 0 Å². The van der Waals surface area contributed by atoms with Crippen LogP contribution in [0.4, 0.5) is 0 Å². The summed E-state index contributed by atoms with van der Waals surface area (Å²) in [5.41, 5.74) is 0.260. The van der Waals surface area contributed by atoms with Crippen molar-refractivity contribution < 1.29 is 9.47 Å². The topological polar surface area (TPSA) is 45.5 Å².